The molecule has 0 spiro atoms. The first-order chi connectivity index (χ1) is 18.6. The first-order valence-electron chi connectivity index (χ1n) is 12.3. The highest BCUT2D eigenvalue weighted by Crippen LogP contribution is 2.53. The lowest BCUT2D eigenvalue weighted by atomic mass is 10.1. The molecule has 0 amide bonds. The second-order valence-corrected chi connectivity index (χ2v) is 11.6. The van der Waals surface area contributed by atoms with E-state index >= 15 is 0 Å². The summed E-state index contributed by atoms with van der Waals surface area (Å²) in [6, 6.07) is 4.73. The van der Waals surface area contributed by atoms with E-state index in [0.717, 1.165) is 61.8 Å². The van der Waals surface area contributed by atoms with Gasteiger partial charge < -0.3 is 34.0 Å². The number of thiophene rings is 3. The van der Waals surface area contributed by atoms with Gasteiger partial charge in [-0.3, -0.25) is 0 Å². The Bertz CT molecular complexity index is 1430. The van der Waals surface area contributed by atoms with Crippen molar-refractivity contribution in [1.82, 2.24) is 4.73 Å². The number of aromatic nitrogens is 1. The molecule has 2 aliphatic rings. The first kappa shape index (κ1) is 25.0. The Kier molecular flexibility index (Phi) is 7.09. The van der Waals surface area contributed by atoms with Gasteiger partial charge >= 0.3 is 5.97 Å². The molecule has 38 heavy (non-hydrogen) atoms. The van der Waals surface area contributed by atoms with Gasteiger partial charge in [0.15, 0.2) is 23.0 Å². The van der Waals surface area contributed by atoms with E-state index in [9.17, 15) is 15.0 Å². The molecular weight excluding hydrogens is 550 g/mol. The van der Waals surface area contributed by atoms with Crippen molar-refractivity contribution < 1.29 is 38.8 Å². The summed E-state index contributed by atoms with van der Waals surface area (Å²) in [5.74, 6) is 2.04. The van der Waals surface area contributed by atoms with Gasteiger partial charge in [-0.1, -0.05) is 6.42 Å². The number of ether oxygens (including phenoxy) is 4. The predicted octanol–water partition coefficient (Wildman–Crippen LogP) is 5.72. The molecule has 2 N–H and O–H groups in total. The number of nitrogens with zero attached hydrogens (tertiary/aromatic N) is 1. The van der Waals surface area contributed by atoms with Crippen LogP contribution in [0.4, 0.5) is 0 Å². The maximum atomic E-state index is 12.1. The van der Waals surface area contributed by atoms with Gasteiger partial charge in [-0.05, 0) is 30.9 Å². The summed E-state index contributed by atoms with van der Waals surface area (Å²) in [6.07, 6.45) is 3.34. The summed E-state index contributed by atoms with van der Waals surface area (Å²) in [4.78, 5) is 21.6. The SMILES string of the molecule is O=C(CCCCCc1cc(-c2scc3c2OCCO3)sc1-c1scc2c1OCCO2)On1c(O)ccc1O. The predicted molar refractivity (Wildman–Crippen MR) is 144 cm³/mol. The fourth-order valence-corrected chi connectivity index (χ4v) is 7.74. The molecule has 200 valence electrons. The molecule has 0 unspecified atom stereocenters. The minimum absolute atomic E-state index is 0.182. The number of aromatic hydroxyl groups is 2. The highest BCUT2D eigenvalue weighted by Gasteiger charge is 2.26. The molecule has 9 nitrogen and oxygen atoms in total. The van der Waals surface area contributed by atoms with Gasteiger partial charge in [0.2, 0.25) is 11.8 Å². The topological polar surface area (TPSA) is 109 Å². The summed E-state index contributed by atoms with van der Waals surface area (Å²) in [7, 11) is 0. The van der Waals surface area contributed by atoms with Crippen LogP contribution in [0, 0.1) is 0 Å². The van der Waals surface area contributed by atoms with E-state index < -0.39 is 5.97 Å². The third kappa shape index (κ3) is 4.91. The maximum Gasteiger partial charge on any atom is 0.333 e. The van der Waals surface area contributed by atoms with Gasteiger partial charge in [0, 0.05) is 34.2 Å². The van der Waals surface area contributed by atoms with Crippen molar-refractivity contribution in [3.05, 3.63) is 34.5 Å². The molecule has 12 heteroatoms. The van der Waals surface area contributed by atoms with E-state index in [1.54, 1.807) is 34.0 Å². The third-order valence-electron chi connectivity index (χ3n) is 6.16. The Morgan fingerprint density at radius 3 is 2.18 bits per heavy atom. The summed E-state index contributed by atoms with van der Waals surface area (Å²) in [5, 5.41) is 23.3. The second kappa shape index (κ2) is 10.8. The van der Waals surface area contributed by atoms with Crippen molar-refractivity contribution in [2.24, 2.45) is 0 Å². The number of fused-ring (bicyclic) bond motifs is 2. The molecule has 0 radical (unpaired) electrons. The number of rotatable bonds is 9. The van der Waals surface area contributed by atoms with Crippen molar-refractivity contribution >= 4 is 40.0 Å². The van der Waals surface area contributed by atoms with Crippen molar-refractivity contribution in [3.63, 3.8) is 0 Å². The average Bonchev–Trinajstić information content (AvgIpc) is 3.71. The normalized spacial score (nSPS) is 14.0. The molecule has 4 aromatic heterocycles. The van der Waals surface area contributed by atoms with Crippen LogP contribution in [0.2, 0.25) is 0 Å². The van der Waals surface area contributed by atoms with Crippen LogP contribution in [-0.4, -0.2) is 47.3 Å². The maximum absolute atomic E-state index is 12.1. The molecule has 2 aliphatic heterocycles. The average molecular weight is 576 g/mol. The third-order valence-corrected chi connectivity index (χ3v) is 9.56. The van der Waals surface area contributed by atoms with Gasteiger partial charge in [0.1, 0.15) is 26.4 Å². The minimum Gasteiger partial charge on any atom is -0.492 e. The molecule has 6 rings (SSSR count). The Balaban J connectivity index is 1.16. The summed E-state index contributed by atoms with van der Waals surface area (Å²) < 4.78 is 24.2. The van der Waals surface area contributed by atoms with Gasteiger partial charge in [0.25, 0.3) is 0 Å². The van der Waals surface area contributed by atoms with Gasteiger partial charge in [0.05, 0.1) is 14.6 Å². The molecule has 0 aliphatic carbocycles. The van der Waals surface area contributed by atoms with Crippen LogP contribution >= 0.6 is 34.0 Å². The fourth-order valence-electron chi connectivity index (χ4n) is 4.38. The lowest BCUT2D eigenvalue weighted by Gasteiger charge is -2.16. The Morgan fingerprint density at radius 2 is 1.47 bits per heavy atom. The largest absolute Gasteiger partial charge is 0.492 e. The van der Waals surface area contributed by atoms with E-state index in [-0.39, 0.29) is 18.2 Å². The van der Waals surface area contributed by atoms with Crippen LogP contribution in [0.5, 0.6) is 34.8 Å². The highest BCUT2D eigenvalue weighted by molar-refractivity contribution is 7.26. The van der Waals surface area contributed by atoms with Gasteiger partial charge in [-0.25, -0.2) is 4.79 Å². The summed E-state index contributed by atoms with van der Waals surface area (Å²) in [5.41, 5.74) is 1.22. The number of aryl methyl sites for hydroxylation is 1. The van der Waals surface area contributed by atoms with Crippen molar-refractivity contribution in [2.75, 3.05) is 26.4 Å². The van der Waals surface area contributed by atoms with E-state index in [0.29, 0.717) is 37.6 Å². The van der Waals surface area contributed by atoms with E-state index in [1.165, 1.54) is 17.7 Å². The first-order valence-corrected chi connectivity index (χ1v) is 14.8. The number of hydrogen-bond donors (Lipinski definition) is 2. The lowest BCUT2D eigenvalue weighted by molar-refractivity contribution is -0.145. The quantitative estimate of drug-likeness (QED) is 0.244. The zero-order chi connectivity index (χ0) is 26.1. The zero-order valence-corrected chi connectivity index (χ0v) is 22.7. The summed E-state index contributed by atoms with van der Waals surface area (Å²) in [6.45, 7) is 2.18. The number of hydrogen-bond acceptors (Lipinski definition) is 11. The van der Waals surface area contributed by atoms with Gasteiger partial charge in [-0.15, -0.1) is 38.7 Å². The van der Waals surface area contributed by atoms with Crippen LogP contribution in [0.25, 0.3) is 19.5 Å². The minimum atomic E-state index is -0.516. The monoisotopic (exact) mass is 575 g/mol. The van der Waals surface area contributed by atoms with Gasteiger partial charge in [-0.2, -0.15) is 0 Å². The second-order valence-electron chi connectivity index (χ2n) is 8.74. The standard InChI is InChI=1S/C26H25NO8S3/c28-19-6-7-20(29)27(19)35-21(30)5-3-1-2-4-15-12-18(25-22-16(13-36-25)31-8-10-33-22)38-24(15)26-23-17(14-37-26)32-9-11-34-23/h6-7,12-14,28-29H,1-5,8-11H2. The summed E-state index contributed by atoms with van der Waals surface area (Å²) >= 11 is 4.97. The molecule has 0 fully saturated rings. The zero-order valence-electron chi connectivity index (χ0n) is 20.3. The Labute approximate surface area is 230 Å². The molecule has 0 aromatic carbocycles. The van der Waals surface area contributed by atoms with E-state index in [1.807, 2.05) is 10.8 Å². The highest BCUT2D eigenvalue weighted by atomic mass is 32.1. The van der Waals surface area contributed by atoms with Crippen LogP contribution in [0.1, 0.15) is 31.2 Å². The van der Waals surface area contributed by atoms with E-state index in [4.69, 9.17) is 23.8 Å². The number of carbonyl (C=O) groups is 1. The van der Waals surface area contributed by atoms with Crippen molar-refractivity contribution in [1.29, 1.82) is 0 Å². The van der Waals surface area contributed by atoms with Crippen LogP contribution in [0.15, 0.2) is 29.0 Å². The molecular formula is C26H25NO8S3. The lowest BCUT2D eigenvalue weighted by Crippen LogP contribution is -2.18. The molecule has 0 bridgehead atoms. The molecule has 0 atom stereocenters. The van der Waals surface area contributed by atoms with Crippen LogP contribution < -0.4 is 23.8 Å². The number of unbranched alkanes of at least 4 members (excludes halogenated alkanes) is 2. The molecule has 0 saturated carbocycles. The van der Waals surface area contributed by atoms with Crippen molar-refractivity contribution in [2.45, 2.75) is 32.1 Å². The van der Waals surface area contributed by atoms with Crippen molar-refractivity contribution in [3.8, 4) is 54.3 Å². The van der Waals surface area contributed by atoms with E-state index in [2.05, 4.69) is 6.07 Å². The van der Waals surface area contributed by atoms with Crippen LogP contribution in [-0.2, 0) is 11.2 Å². The number of carbonyl (C=O) groups excluding carboxylic acids is 1. The fraction of sp³-hybridized carbons (Fsp3) is 0.346. The molecule has 4 aromatic rings. The Hall–Kier alpha value is -3.35. The smallest absolute Gasteiger partial charge is 0.333 e. The Morgan fingerprint density at radius 1 is 0.842 bits per heavy atom. The van der Waals surface area contributed by atoms with Crippen LogP contribution in [0.3, 0.4) is 0 Å². The molecule has 6 heterocycles. The molecule has 0 saturated heterocycles.